The van der Waals surface area contributed by atoms with Gasteiger partial charge in [0.1, 0.15) is 0 Å². The number of rotatable bonds is 3. The van der Waals surface area contributed by atoms with E-state index in [0.717, 1.165) is 19.5 Å². The number of nitrogens with zero attached hydrogens (tertiary/aromatic N) is 1. The lowest BCUT2D eigenvalue weighted by molar-refractivity contribution is -0.122. The normalized spacial score (nSPS) is 23.6. The number of piperazine rings is 1. The number of nitrogens with one attached hydrogen (secondary N) is 2. The highest BCUT2D eigenvalue weighted by Crippen LogP contribution is 1.89. The predicted molar refractivity (Wildman–Crippen MR) is 46.7 cm³/mol. The van der Waals surface area contributed by atoms with Crippen molar-refractivity contribution in [3.8, 4) is 0 Å². The molecule has 1 atom stereocenters. The summed E-state index contributed by atoms with van der Waals surface area (Å²) in [6.45, 7) is 4.44. The molecule has 0 aromatic rings. The summed E-state index contributed by atoms with van der Waals surface area (Å²) in [5, 5.41) is 10.3. The van der Waals surface area contributed by atoms with E-state index in [1.54, 1.807) is 0 Å². The standard InChI is InChI=1S/C8H16N3O/c1-2-3-8(12)11-7-6-9-4-5-10-7/h7,10H,2-6H2,1H3,(H,11,12). The van der Waals surface area contributed by atoms with Gasteiger partial charge in [-0.25, -0.2) is 5.32 Å². The van der Waals surface area contributed by atoms with Crippen LogP contribution < -0.4 is 16.0 Å². The lowest BCUT2D eigenvalue weighted by atomic mass is 10.3. The van der Waals surface area contributed by atoms with E-state index < -0.39 is 0 Å². The Labute approximate surface area is 73.1 Å². The third-order valence-electron chi connectivity index (χ3n) is 1.78. The smallest absolute Gasteiger partial charge is 0.221 e. The summed E-state index contributed by atoms with van der Waals surface area (Å²) in [7, 11) is 0. The minimum absolute atomic E-state index is 0.0674. The summed E-state index contributed by atoms with van der Waals surface area (Å²) in [6, 6.07) is 0. The molecule has 4 heteroatoms. The molecule has 1 aliphatic rings. The first kappa shape index (κ1) is 9.48. The molecular formula is C8H16N3O. The molecule has 1 radical (unpaired) electrons. The van der Waals surface area contributed by atoms with Crippen LogP contribution >= 0.6 is 0 Å². The van der Waals surface area contributed by atoms with Crippen molar-refractivity contribution < 1.29 is 4.79 Å². The maximum absolute atomic E-state index is 11.1. The van der Waals surface area contributed by atoms with E-state index in [9.17, 15) is 4.79 Å². The minimum atomic E-state index is 0.0674. The summed E-state index contributed by atoms with van der Waals surface area (Å²) in [4.78, 5) is 11.1. The second-order valence-electron chi connectivity index (χ2n) is 2.95. The zero-order valence-corrected chi connectivity index (χ0v) is 7.47. The Morgan fingerprint density at radius 3 is 3.17 bits per heavy atom. The number of hydrogen-bond donors (Lipinski definition) is 2. The average Bonchev–Trinajstić information content (AvgIpc) is 2.06. The molecular weight excluding hydrogens is 154 g/mol. The molecule has 0 aromatic heterocycles. The molecule has 1 amide bonds. The van der Waals surface area contributed by atoms with Crippen LogP contribution in [0, 0.1) is 0 Å². The Kier molecular flexibility index (Phi) is 4.04. The van der Waals surface area contributed by atoms with E-state index in [1.165, 1.54) is 0 Å². The molecule has 2 N–H and O–H groups in total. The molecule has 1 fully saturated rings. The number of hydrogen-bond acceptors (Lipinski definition) is 2. The van der Waals surface area contributed by atoms with Gasteiger partial charge in [-0.1, -0.05) is 6.92 Å². The summed E-state index contributed by atoms with van der Waals surface area (Å²) in [5.41, 5.74) is 0. The molecule has 4 nitrogen and oxygen atoms in total. The Bertz CT molecular complexity index is 143. The molecule has 0 bridgehead atoms. The van der Waals surface area contributed by atoms with Gasteiger partial charge < -0.3 is 5.32 Å². The van der Waals surface area contributed by atoms with Crippen LogP contribution in [0.5, 0.6) is 0 Å². The van der Waals surface area contributed by atoms with Gasteiger partial charge in [0.25, 0.3) is 0 Å². The highest BCUT2D eigenvalue weighted by molar-refractivity contribution is 5.76. The van der Waals surface area contributed by atoms with Crippen LogP contribution in [0.15, 0.2) is 0 Å². The van der Waals surface area contributed by atoms with Gasteiger partial charge in [-0.15, -0.1) is 0 Å². The van der Waals surface area contributed by atoms with Crippen LogP contribution in [0.3, 0.4) is 0 Å². The monoisotopic (exact) mass is 170 g/mol. The number of carbonyl (C=O) groups excluding carboxylic acids is 1. The fourth-order valence-electron chi connectivity index (χ4n) is 1.19. The molecule has 1 rings (SSSR count). The summed E-state index contributed by atoms with van der Waals surface area (Å²) >= 11 is 0. The van der Waals surface area contributed by atoms with Crippen molar-refractivity contribution in [1.82, 2.24) is 16.0 Å². The van der Waals surface area contributed by atoms with Gasteiger partial charge in [-0.05, 0) is 6.42 Å². The molecule has 0 saturated carbocycles. The van der Waals surface area contributed by atoms with Gasteiger partial charge in [0.2, 0.25) is 5.91 Å². The number of carbonyl (C=O) groups is 1. The minimum Gasteiger partial charge on any atom is -0.339 e. The van der Waals surface area contributed by atoms with Crippen molar-refractivity contribution in [2.24, 2.45) is 0 Å². The van der Waals surface area contributed by atoms with E-state index in [-0.39, 0.29) is 12.1 Å². The topological polar surface area (TPSA) is 55.2 Å². The molecule has 12 heavy (non-hydrogen) atoms. The van der Waals surface area contributed by atoms with Crippen LogP contribution in [0.25, 0.3) is 0 Å². The molecule has 1 saturated heterocycles. The maximum atomic E-state index is 11.1. The highest BCUT2D eigenvalue weighted by atomic mass is 16.1. The lowest BCUT2D eigenvalue weighted by Gasteiger charge is -2.24. The van der Waals surface area contributed by atoms with Crippen molar-refractivity contribution in [2.75, 3.05) is 19.6 Å². The molecule has 1 unspecified atom stereocenters. The van der Waals surface area contributed by atoms with Crippen LogP contribution in [0.4, 0.5) is 0 Å². The summed E-state index contributed by atoms with van der Waals surface area (Å²) in [5.74, 6) is 0.118. The third-order valence-corrected chi connectivity index (χ3v) is 1.78. The van der Waals surface area contributed by atoms with Gasteiger partial charge in [-0.3, -0.25) is 10.1 Å². The first-order chi connectivity index (χ1) is 5.83. The molecule has 1 heterocycles. The quantitative estimate of drug-likeness (QED) is 0.596. The van der Waals surface area contributed by atoms with Crippen LogP contribution in [0.1, 0.15) is 19.8 Å². The van der Waals surface area contributed by atoms with E-state index in [4.69, 9.17) is 0 Å². The van der Waals surface area contributed by atoms with Crippen molar-refractivity contribution in [2.45, 2.75) is 25.9 Å². The molecule has 0 spiro atoms. The maximum Gasteiger partial charge on any atom is 0.221 e. The highest BCUT2D eigenvalue weighted by Gasteiger charge is 2.13. The Hall–Kier alpha value is -0.610. The summed E-state index contributed by atoms with van der Waals surface area (Å²) < 4.78 is 0. The van der Waals surface area contributed by atoms with Crippen molar-refractivity contribution >= 4 is 5.91 Å². The second kappa shape index (κ2) is 5.11. The Morgan fingerprint density at radius 1 is 1.75 bits per heavy atom. The van der Waals surface area contributed by atoms with Gasteiger partial charge >= 0.3 is 0 Å². The van der Waals surface area contributed by atoms with Crippen LogP contribution in [-0.2, 0) is 4.79 Å². The molecule has 0 aliphatic carbocycles. The van der Waals surface area contributed by atoms with Crippen LogP contribution in [0.2, 0.25) is 0 Å². The van der Waals surface area contributed by atoms with E-state index in [1.807, 2.05) is 6.92 Å². The zero-order chi connectivity index (χ0) is 8.81. The third kappa shape index (κ3) is 3.19. The predicted octanol–water partition coefficient (Wildman–Crippen LogP) is -0.564. The SMILES string of the molecule is CCCC(=O)NC1C[N]CCN1. The van der Waals surface area contributed by atoms with Gasteiger partial charge in [0, 0.05) is 26.1 Å². The van der Waals surface area contributed by atoms with E-state index in [2.05, 4.69) is 16.0 Å². The zero-order valence-electron chi connectivity index (χ0n) is 7.47. The van der Waals surface area contributed by atoms with E-state index in [0.29, 0.717) is 13.0 Å². The van der Waals surface area contributed by atoms with Crippen LogP contribution in [-0.4, -0.2) is 31.7 Å². The van der Waals surface area contributed by atoms with Crippen molar-refractivity contribution in [1.29, 1.82) is 0 Å². The first-order valence-electron chi connectivity index (χ1n) is 4.49. The van der Waals surface area contributed by atoms with Crippen molar-refractivity contribution in [3.63, 3.8) is 0 Å². The molecule has 0 aromatic carbocycles. The Balaban J connectivity index is 2.15. The average molecular weight is 170 g/mol. The first-order valence-corrected chi connectivity index (χ1v) is 4.49. The van der Waals surface area contributed by atoms with Gasteiger partial charge in [0.05, 0.1) is 6.17 Å². The fourth-order valence-corrected chi connectivity index (χ4v) is 1.19. The molecule has 1 aliphatic heterocycles. The fraction of sp³-hybridized carbons (Fsp3) is 0.875. The molecule has 69 valence electrons. The van der Waals surface area contributed by atoms with E-state index >= 15 is 0 Å². The summed E-state index contributed by atoms with van der Waals surface area (Å²) in [6.07, 6.45) is 1.58. The Morgan fingerprint density at radius 2 is 2.58 bits per heavy atom. The second-order valence-corrected chi connectivity index (χ2v) is 2.95. The van der Waals surface area contributed by atoms with Gasteiger partial charge in [-0.2, -0.15) is 0 Å². The van der Waals surface area contributed by atoms with Crippen molar-refractivity contribution in [3.05, 3.63) is 0 Å². The lowest BCUT2D eigenvalue weighted by Crippen LogP contribution is -2.54. The largest absolute Gasteiger partial charge is 0.339 e. The van der Waals surface area contributed by atoms with Gasteiger partial charge in [0.15, 0.2) is 0 Å². The number of amides is 1.